The fourth-order valence-corrected chi connectivity index (χ4v) is 2.42. The lowest BCUT2D eigenvalue weighted by Crippen LogP contribution is -2.62. The molecule has 0 unspecified atom stereocenters. The largest absolute Gasteiger partial charge is 0.444 e. The fraction of sp³-hybridized carbons (Fsp3) is 0.529. The zero-order chi connectivity index (χ0) is 18.0. The number of hydroxylamine groups is 1. The third-order valence-electron chi connectivity index (χ3n) is 3.58. The third kappa shape index (κ3) is 4.85. The Morgan fingerprint density at radius 3 is 2.38 bits per heavy atom. The summed E-state index contributed by atoms with van der Waals surface area (Å²) >= 11 is 5.81. The molecule has 6 nitrogen and oxygen atoms in total. The monoisotopic (exact) mass is 354 g/mol. The van der Waals surface area contributed by atoms with E-state index >= 15 is 0 Å². The molecule has 0 bridgehead atoms. The Hall–Kier alpha value is -1.79. The van der Waals surface area contributed by atoms with Crippen LogP contribution in [0.15, 0.2) is 24.3 Å². The van der Waals surface area contributed by atoms with Crippen molar-refractivity contribution < 1.29 is 19.2 Å². The van der Waals surface area contributed by atoms with Crippen LogP contribution in [-0.2, 0) is 20.9 Å². The quantitative estimate of drug-likeness (QED) is 0.841. The Labute approximate surface area is 147 Å². The van der Waals surface area contributed by atoms with Gasteiger partial charge in [0.25, 0.3) is 0 Å². The van der Waals surface area contributed by atoms with E-state index in [-0.39, 0.29) is 13.1 Å². The number of rotatable bonds is 4. The van der Waals surface area contributed by atoms with Gasteiger partial charge in [0.2, 0.25) is 0 Å². The number of amides is 1. The van der Waals surface area contributed by atoms with Crippen LogP contribution < -0.4 is 5.48 Å². The predicted octanol–water partition coefficient (Wildman–Crippen LogP) is 3.14. The second kappa shape index (κ2) is 6.99. The van der Waals surface area contributed by atoms with E-state index in [0.29, 0.717) is 11.6 Å². The van der Waals surface area contributed by atoms with Crippen LogP contribution in [0.3, 0.4) is 0 Å². The molecule has 0 radical (unpaired) electrons. The molecule has 1 fully saturated rings. The lowest BCUT2D eigenvalue weighted by atomic mass is 9.82. The van der Waals surface area contributed by atoms with Crippen molar-refractivity contribution in [2.24, 2.45) is 5.41 Å². The van der Waals surface area contributed by atoms with E-state index in [2.05, 4.69) is 5.48 Å². The maximum absolute atomic E-state index is 12.2. The molecule has 0 saturated carbocycles. The topological polar surface area (TPSA) is 67.9 Å². The first-order valence-corrected chi connectivity index (χ1v) is 8.13. The standard InChI is InChI=1S/C17H23ClN2O4/c1-16(2,3)23-15(22)20-10-17(4,11-20)14(21)24-19-9-12-5-7-13(18)8-6-12/h5-8,19H,9-11H2,1-4H3. The Morgan fingerprint density at radius 1 is 1.25 bits per heavy atom. The number of likely N-dealkylation sites (tertiary alicyclic amines) is 1. The minimum atomic E-state index is -0.718. The maximum Gasteiger partial charge on any atom is 0.410 e. The van der Waals surface area contributed by atoms with Gasteiger partial charge in [0, 0.05) is 18.1 Å². The number of carbonyl (C=O) groups excluding carboxylic acids is 2. The van der Waals surface area contributed by atoms with Crippen LogP contribution >= 0.6 is 11.6 Å². The lowest BCUT2D eigenvalue weighted by Gasteiger charge is -2.45. The van der Waals surface area contributed by atoms with E-state index in [1.54, 1.807) is 39.8 Å². The summed E-state index contributed by atoms with van der Waals surface area (Å²) in [6.07, 6.45) is -0.415. The van der Waals surface area contributed by atoms with Gasteiger partial charge in [-0.05, 0) is 45.4 Å². The van der Waals surface area contributed by atoms with Gasteiger partial charge in [-0.1, -0.05) is 23.7 Å². The summed E-state index contributed by atoms with van der Waals surface area (Å²) < 4.78 is 5.27. The molecule has 0 spiro atoms. The molecule has 0 aromatic heterocycles. The minimum absolute atomic E-state index is 0.281. The van der Waals surface area contributed by atoms with Crippen LogP contribution in [0.1, 0.15) is 33.3 Å². The molecule has 0 atom stereocenters. The number of nitrogens with one attached hydrogen (secondary N) is 1. The summed E-state index contributed by atoms with van der Waals surface area (Å²) in [7, 11) is 0. The second-order valence-corrected chi connectivity index (χ2v) is 7.67. The number of carbonyl (C=O) groups is 2. The lowest BCUT2D eigenvalue weighted by molar-refractivity contribution is -0.172. The molecule has 24 heavy (non-hydrogen) atoms. The zero-order valence-corrected chi connectivity index (χ0v) is 15.1. The Kier molecular flexibility index (Phi) is 5.40. The van der Waals surface area contributed by atoms with E-state index in [1.807, 2.05) is 12.1 Å². The molecular weight excluding hydrogens is 332 g/mol. The van der Waals surface area contributed by atoms with Crippen molar-refractivity contribution in [2.75, 3.05) is 13.1 Å². The van der Waals surface area contributed by atoms with Crippen molar-refractivity contribution in [1.82, 2.24) is 10.4 Å². The minimum Gasteiger partial charge on any atom is -0.444 e. The molecule has 1 aromatic carbocycles. The van der Waals surface area contributed by atoms with E-state index in [9.17, 15) is 9.59 Å². The first-order valence-electron chi connectivity index (χ1n) is 7.76. The van der Waals surface area contributed by atoms with Crippen LogP contribution in [0, 0.1) is 5.41 Å². The van der Waals surface area contributed by atoms with E-state index in [0.717, 1.165) is 5.56 Å². The van der Waals surface area contributed by atoms with Crippen molar-refractivity contribution in [2.45, 2.75) is 39.8 Å². The molecule has 1 aliphatic rings. The number of ether oxygens (including phenoxy) is 1. The molecule has 7 heteroatoms. The van der Waals surface area contributed by atoms with Crippen molar-refractivity contribution in [1.29, 1.82) is 0 Å². The molecule has 1 aromatic rings. The van der Waals surface area contributed by atoms with E-state index < -0.39 is 23.1 Å². The third-order valence-corrected chi connectivity index (χ3v) is 3.83. The van der Waals surface area contributed by atoms with E-state index in [4.69, 9.17) is 21.2 Å². The number of hydrogen-bond donors (Lipinski definition) is 1. The van der Waals surface area contributed by atoms with Gasteiger partial charge in [-0.3, -0.25) is 0 Å². The summed E-state index contributed by atoms with van der Waals surface area (Å²) in [4.78, 5) is 30.7. The normalized spacial score (nSPS) is 16.3. The highest BCUT2D eigenvalue weighted by atomic mass is 35.5. The van der Waals surface area contributed by atoms with Gasteiger partial charge >= 0.3 is 12.1 Å². The number of halogens is 1. The van der Waals surface area contributed by atoms with Gasteiger partial charge in [-0.25, -0.2) is 9.59 Å². The maximum atomic E-state index is 12.2. The highest BCUT2D eigenvalue weighted by Gasteiger charge is 2.49. The molecule has 0 aliphatic carbocycles. The van der Waals surface area contributed by atoms with Crippen molar-refractivity contribution in [3.63, 3.8) is 0 Å². The number of benzene rings is 1. The highest BCUT2D eigenvalue weighted by molar-refractivity contribution is 6.30. The SMILES string of the molecule is CC(C)(C)OC(=O)N1CC(C)(C(=O)ONCc2ccc(Cl)cc2)C1. The predicted molar refractivity (Wildman–Crippen MR) is 90.3 cm³/mol. The number of hydrogen-bond acceptors (Lipinski definition) is 5. The van der Waals surface area contributed by atoms with Crippen LogP contribution in [0.25, 0.3) is 0 Å². The van der Waals surface area contributed by atoms with Crippen LogP contribution in [0.2, 0.25) is 5.02 Å². The first-order chi connectivity index (χ1) is 11.1. The molecule has 2 rings (SSSR count). The van der Waals surface area contributed by atoms with Crippen molar-refractivity contribution in [3.05, 3.63) is 34.9 Å². The molecule has 1 aliphatic heterocycles. The highest BCUT2D eigenvalue weighted by Crippen LogP contribution is 2.32. The second-order valence-electron chi connectivity index (χ2n) is 7.23. The smallest absolute Gasteiger partial charge is 0.410 e. The van der Waals surface area contributed by atoms with Crippen LogP contribution in [0.4, 0.5) is 4.79 Å². The first kappa shape index (κ1) is 18.5. The molecule has 1 N–H and O–H groups in total. The zero-order valence-electron chi connectivity index (χ0n) is 14.4. The molecule has 1 amide bonds. The fourth-order valence-electron chi connectivity index (χ4n) is 2.29. The molecular formula is C17H23ClN2O4. The molecule has 1 saturated heterocycles. The van der Waals surface area contributed by atoms with E-state index in [1.165, 1.54) is 4.90 Å². The molecule has 132 valence electrons. The Balaban J connectivity index is 1.75. The summed E-state index contributed by atoms with van der Waals surface area (Å²) in [5, 5.41) is 0.653. The number of nitrogens with zero attached hydrogens (tertiary/aromatic N) is 1. The van der Waals surface area contributed by atoms with Crippen LogP contribution in [-0.4, -0.2) is 35.7 Å². The van der Waals surface area contributed by atoms with Gasteiger partial charge in [0.1, 0.15) is 11.0 Å². The van der Waals surface area contributed by atoms with Crippen molar-refractivity contribution >= 4 is 23.7 Å². The van der Waals surface area contributed by atoms with Gasteiger partial charge in [0.05, 0.1) is 6.54 Å². The summed E-state index contributed by atoms with van der Waals surface area (Å²) in [6.45, 7) is 8.12. The summed E-state index contributed by atoms with van der Waals surface area (Å²) in [5.74, 6) is -0.392. The molecule has 1 heterocycles. The van der Waals surface area contributed by atoms with Gasteiger partial charge < -0.3 is 14.5 Å². The average Bonchev–Trinajstić information content (AvgIpc) is 2.44. The van der Waals surface area contributed by atoms with Crippen molar-refractivity contribution in [3.8, 4) is 0 Å². The summed E-state index contributed by atoms with van der Waals surface area (Å²) in [6, 6.07) is 7.23. The van der Waals surface area contributed by atoms with Crippen LogP contribution in [0.5, 0.6) is 0 Å². The van der Waals surface area contributed by atoms with Gasteiger partial charge in [0.15, 0.2) is 0 Å². The van der Waals surface area contributed by atoms with Gasteiger partial charge in [-0.15, -0.1) is 5.48 Å². The van der Waals surface area contributed by atoms with Gasteiger partial charge in [-0.2, -0.15) is 0 Å². The summed E-state index contributed by atoms with van der Waals surface area (Å²) in [5.41, 5.74) is 2.33. The Morgan fingerprint density at radius 2 is 1.83 bits per heavy atom. The average molecular weight is 355 g/mol. The Bertz CT molecular complexity index is 604.